The van der Waals surface area contributed by atoms with Crippen LogP contribution in [0, 0.1) is 0 Å². The number of rotatable bonds is 4. The van der Waals surface area contributed by atoms with Gasteiger partial charge in [-0.15, -0.1) is 0 Å². The van der Waals surface area contributed by atoms with E-state index in [4.69, 9.17) is 9.15 Å². The number of aromatic nitrogens is 3. The van der Waals surface area contributed by atoms with Crippen LogP contribution in [0.5, 0.6) is 5.75 Å². The maximum atomic E-state index is 13.0. The number of carbonyl (C=O) groups is 2. The van der Waals surface area contributed by atoms with Gasteiger partial charge in [-0.05, 0) is 11.6 Å². The third kappa shape index (κ3) is 4.42. The van der Waals surface area contributed by atoms with Crippen molar-refractivity contribution in [2.45, 2.75) is 18.6 Å². The molecule has 0 radical (unpaired) electrons. The van der Waals surface area contributed by atoms with E-state index >= 15 is 0 Å². The van der Waals surface area contributed by atoms with Gasteiger partial charge >= 0.3 is 6.18 Å². The molecular formula is C23H18F3N5O4. The predicted octanol–water partition coefficient (Wildman–Crippen LogP) is 3.31. The first kappa shape index (κ1) is 22.4. The molecule has 0 bridgehead atoms. The van der Waals surface area contributed by atoms with Crippen molar-refractivity contribution in [1.82, 2.24) is 20.3 Å². The molecule has 9 nitrogen and oxygen atoms in total. The van der Waals surface area contributed by atoms with Crippen molar-refractivity contribution in [3.05, 3.63) is 71.7 Å². The molecule has 35 heavy (non-hydrogen) atoms. The molecular weight excluding hydrogens is 467 g/mol. The quantitative estimate of drug-likeness (QED) is 0.459. The Morgan fingerprint density at radius 1 is 1.26 bits per heavy atom. The third-order valence-corrected chi connectivity index (χ3v) is 5.51. The molecule has 2 N–H and O–H groups in total. The second-order valence-electron chi connectivity index (χ2n) is 7.94. The fourth-order valence-electron chi connectivity index (χ4n) is 3.74. The Balaban J connectivity index is 1.32. The minimum atomic E-state index is -4.64. The molecule has 4 aromatic rings. The van der Waals surface area contributed by atoms with E-state index in [9.17, 15) is 22.8 Å². The number of anilines is 1. The lowest BCUT2D eigenvalue weighted by Crippen LogP contribution is -2.49. The van der Waals surface area contributed by atoms with E-state index in [1.54, 1.807) is 0 Å². The van der Waals surface area contributed by atoms with Gasteiger partial charge in [0.2, 0.25) is 11.6 Å². The first-order valence-electron chi connectivity index (χ1n) is 10.5. The standard InChI is InChI=1S/C23H18F3N5O4/c1-31-16-8-13-14(30-22(29-13)23(24,25)26)9-17(16)34-11-15(21(31)33)28-20(32)18-10-27-19(35-18)7-12-5-3-2-4-6-12/h2-6,8-10,15H,7,11H2,1H3,(H,28,32)(H,29,30)/t15-/m0/s1. The Bertz CT molecular complexity index is 1410. The number of benzene rings is 2. The maximum Gasteiger partial charge on any atom is 0.449 e. The molecule has 2 aromatic carbocycles. The van der Waals surface area contributed by atoms with E-state index in [0.717, 1.165) is 5.56 Å². The first-order chi connectivity index (χ1) is 16.7. The van der Waals surface area contributed by atoms with Crippen LogP contribution in [-0.4, -0.2) is 46.5 Å². The number of H-pyrrole nitrogens is 1. The molecule has 1 aliphatic heterocycles. The lowest BCUT2D eigenvalue weighted by atomic mass is 10.2. The molecule has 5 rings (SSSR count). The number of nitrogens with one attached hydrogen (secondary N) is 2. The van der Waals surface area contributed by atoms with E-state index in [0.29, 0.717) is 12.3 Å². The Morgan fingerprint density at radius 3 is 2.77 bits per heavy atom. The number of amides is 2. The van der Waals surface area contributed by atoms with Crippen LogP contribution >= 0.6 is 0 Å². The van der Waals surface area contributed by atoms with Crippen molar-refractivity contribution >= 4 is 28.5 Å². The maximum absolute atomic E-state index is 13.0. The van der Waals surface area contributed by atoms with E-state index < -0.39 is 29.9 Å². The second kappa shape index (κ2) is 8.46. The third-order valence-electron chi connectivity index (χ3n) is 5.51. The first-order valence-corrected chi connectivity index (χ1v) is 10.5. The highest BCUT2D eigenvalue weighted by Crippen LogP contribution is 2.36. The fourth-order valence-corrected chi connectivity index (χ4v) is 3.74. The molecule has 1 aliphatic rings. The number of oxazole rings is 1. The minimum absolute atomic E-state index is 0.0343. The topological polar surface area (TPSA) is 113 Å². The number of hydrogen-bond acceptors (Lipinski definition) is 6. The molecule has 0 aliphatic carbocycles. The summed E-state index contributed by atoms with van der Waals surface area (Å²) in [6, 6.07) is 11.0. The number of hydrogen-bond donors (Lipinski definition) is 2. The van der Waals surface area contributed by atoms with Crippen LogP contribution in [0.15, 0.2) is 53.1 Å². The minimum Gasteiger partial charge on any atom is -0.489 e. The highest BCUT2D eigenvalue weighted by Gasteiger charge is 2.36. The van der Waals surface area contributed by atoms with Crippen molar-refractivity contribution in [3.63, 3.8) is 0 Å². The second-order valence-corrected chi connectivity index (χ2v) is 7.94. The number of halogens is 3. The zero-order valence-electron chi connectivity index (χ0n) is 18.2. The summed E-state index contributed by atoms with van der Waals surface area (Å²) in [5.41, 5.74) is 1.32. The summed E-state index contributed by atoms with van der Waals surface area (Å²) in [4.78, 5) is 36.8. The zero-order valence-corrected chi connectivity index (χ0v) is 18.2. The summed E-state index contributed by atoms with van der Waals surface area (Å²) in [5.74, 6) is -1.88. The van der Waals surface area contributed by atoms with Gasteiger partial charge in [0.25, 0.3) is 11.8 Å². The largest absolute Gasteiger partial charge is 0.489 e. The van der Waals surface area contributed by atoms with Crippen LogP contribution in [-0.2, 0) is 17.4 Å². The lowest BCUT2D eigenvalue weighted by molar-refractivity contribution is -0.144. The molecule has 2 aromatic heterocycles. The van der Waals surface area contributed by atoms with E-state index in [1.807, 2.05) is 30.3 Å². The van der Waals surface area contributed by atoms with Crippen LogP contribution in [0.25, 0.3) is 11.0 Å². The van der Waals surface area contributed by atoms with Gasteiger partial charge in [-0.25, -0.2) is 9.97 Å². The molecule has 0 saturated heterocycles. The number of aromatic amines is 1. The van der Waals surface area contributed by atoms with E-state index in [2.05, 4.69) is 20.3 Å². The van der Waals surface area contributed by atoms with E-state index in [1.165, 1.54) is 30.3 Å². The van der Waals surface area contributed by atoms with Crippen molar-refractivity contribution < 1.29 is 31.9 Å². The van der Waals surface area contributed by atoms with Gasteiger partial charge in [0.1, 0.15) is 18.4 Å². The monoisotopic (exact) mass is 485 g/mol. The Labute approximate surface area is 195 Å². The highest BCUT2D eigenvalue weighted by atomic mass is 19.4. The molecule has 12 heteroatoms. The number of carbonyl (C=O) groups excluding carboxylic acids is 2. The number of alkyl halides is 3. The van der Waals surface area contributed by atoms with Gasteiger partial charge in [0.05, 0.1) is 22.9 Å². The number of fused-ring (bicyclic) bond motifs is 2. The number of imidazole rings is 1. The molecule has 2 amide bonds. The zero-order chi connectivity index (χ0) is 24.7. The molecule has 0 unspecified atom stereocenters. The van der Waals surface area contributed by atoms with Crippen LogP contribution in [0.4, 0.5) is 18.9 Å². The predicted molar refractivity (Wildman–Crippen MR) is 117 cm³/mol. The highest BCUT2D eigenvalue weighted by molar-refractivity contribution is 6.03. The van der Waals surface area contributed by atoms with Crippen LogP contribution in [0.3, 0.4) is 0 Å². The smallest absolute Gasteiger partial charge is 0.449 e. The van der Waals surface area contributed by atoms with Gasteiger partial charge in [-0.2, -0.15) is 13.2 Å². The summed E-state index contributed by atoms with van der Waals surface area (Å²) in [6.45, 7) is -0.241. The summed E-state index contributed by atoms with van der Waals surface area (Å²) in [6.07, 6.45) is -2.97. The van der Waals surface area contributed by atoms with Crippen molar-refractivity contribution in [2.24, 2.45) is 0 Å². The fraction of sp³-hybridized carbons (Fsp3) is 0.217. The van der Waals surface area contributed by atoms with Crippen LogP contribution in [0.1, 0.15) is 27.8 Å². The Morgan fingerprint density at radius 2 is 2.03 bits per heavy atom. The molecule has 0 spiro atoms. The lowest BCUT2D eigenvalue weighted by Gasteiger charge is -2.20. The SMILES string of the molecule is CN1C(=O)[C@@H](NC(=O)c2cnc(Cc3ccccc3)o2)COc2cc3nc(C(F)(F)F)[nH]c3cc21. The molecule has 3 heterocycles. The summed E-state index contributed by atoms with van der Waals surface area (Å²) in [5, 5.41) is 2.57. The van der Waals surface area contributed by atoms with E-state index in [-0.39, 0.29) is 34.8 Å². The molecule has 0 fully saturated rings. The normalized spacial score (nSPS) is 16.1. The van der Waals surface area contributed by atoms with Gasteiger partial charge in [-0.1, -0.05) is 30.3 Å². The average Bonchev–Trinajstić information content (AvgIpc) is 3.45. The number of likely N-dealkylation sites (N-methyl/N-ethyl adjacent to an activating group) is 1. The molecule has 1 atom stereocenters. The van der Waals surface area contributed by atoms with Crippen molar-refractivity contribution in [2.75, 3.05) is 18.6 Å². The van der Waals surface area contributed by atoms with Gasteiger partial charge in [0, 0.05) is 19.5 Å². The van der Waals surface area contributed by atoms with Gasteiger partial charge in [0.15, 0.2) is 5.89 Å². The average molecular weight is 485 g/mol. The summed E-state index contributed by atoms with van der Waals surface area (Å²) >= 11 is 0. The number of ether oxygens (including phenoxy) is 1. The molecule has 180 valence electrons. The van der Waals surface area contributed by atoms with Crippen LogP contribution in [0.2, 0.25) is 0 Å². The summed E-state index contributed by atoms with van der Waals surface area (Å²) < 4.78 is 50.2. The van der Waals surface area contributed by atoms with Gasteiger partial charge < -0.3 is 24.4 Å². The Kier molecular flexibility index (Phi) is 5.42. The van der Waals surface area contributed by atoms with Gasteiger partial charge in [-0.3, -0.25) is 9.59 Å². The van der Waals surface area contributed by atoms with Crippen molar-refractivity contribution in [3.8, 4) is 5.75 Å². The van der Waals surface area contributed by atoms with Crippen LogP contribution < -0.4 is 15.0 Å². The number of nitrogens with zero attached hydrogens (tertiary/aromatic N) is 3. The summed E-state index contributed by atoms with van der Waals surface area (Å²) in [7, 11) is 1.44. The molecule has 0 saturated carbocycles. The van der Waals surface area contributed by atoms with Crippen molar-refractivity contribution in [1.29, 1.82) is 0 Å². The Hall–Kier alpha value is -4.35.